The lowest BCUT2D eigenvalue weighted by molar-refractivity contribution is -0.374. The summed E-state index contributed by atoms with van der Waals surface area (Å²) in [6.07, 6.45) is -25.4. The summed E-state index contributed by atoms with van der Waals surface area (Å²) in [4.78, 5) is 13.7. The maximum absolute atomic E-state index is 13.7. The number of carbonyl (C=O) groups excluding carboxylic acids is 1. The third-order valence-corrected chi connectivity index (χ3v) is 22.2. The number of carbonyl (C=O) groups is 1. The van der Waals surface area contributed by atoms with E-state index in [9.17, 15) is 112 Å². The largest absolute Gasteiger partial charge is 0.394 e. The maximum Gasteiger partial charge on any atom is 0.249 e. The van der Waals surface area contributed by atoms with Gasteiger partial charge in [0.1, 0.15) is 153 Å². The van der Waals surface area contributed by atoms with Crippen LogP contribution in [0.3, 0.4) is 0 Å². The van der Waals surface area contributed by atoms with E-state index < -0.39 is 255 Å². The minimum Gasteiger partial charge on any atom is -0.394 e. The van der Waals surface area contributed by atoms with Crippen molar-refractivity contribution in [2.75, 3.05) is 46.2 Å². The highest BCUT2D eigenvalue weighted by molar-refractivity contribution is 5.80. The number of ether oxygens (including phenoxy) is 12. The van der Waals surface area contributed by atoms with Crippen molar-refractivity contribution in [1.29, 1.82) is 0 Å². The molecule has 0 aromatic rings. The van der Waals surface area contributed by atoms with E-state index in [4.69, 9.17) is 56.8 Å². The molecule has 0 aromatic heterocycles. The Bertz CT molecular complexity index is 2410. The van der Waals surface area contributed by atoms with Gasteiger partial charge in [-0.3, -0.25) is 4.79 Å². The molecule has 33 atom stereocenters. The van der Waals surface area contributed by atoms with Crippen LogP contribution in [0.2, 0.25) is 0 Å². The minimum absolute atomic E-state index is 0.109. The highest BCUT2D eigenvalue weighted by Crippen LogP contribution is 2.40. The minimum atomic E-state index is -2.30. The molecular weight excluding hydrogens is 1470 g/mol. The van der Waals surface area contributed by atoms with Gasteiger partial charge in [-0.1, -0.05) is 213 Å². The fourth-order valence-electron chi connectivity index (χ4n) is 15.1. The van der Waals surface area contributed by atoms with Gasteiger partial charge in [-0.25, -0.2) is 0 Å². The first-order valence-electron chi connectivity index (χ1n) is 41.4. The zero-order chi connectivity index (χ0) is 81.1. The number of hydrogen-bond acceptors (Lipinski definition) is 34. The number of aliphatic hydroxyl groups is 21. The van der Waals surface area contributed by atoms with Gasteiger partial charge in [0.25, 0.3) is 0 Å². The molecular formula is C76H141NO34. The van der Waals surface area contributed by atoms with Crippen LogP contribution in [0.25, 0.3) is 0 Å². The Morgan fingerprint density at radius 3 is 1.23 bits per heavy atom. The molecule has 1 unspecified atom stereocenters. The average Bonchev–Trinajstić information content (AvgIpc) is 1.64. The monoisotopic (exact) mass is 1610 g/mol. The molecule has 6 rings (SSSR count). The molecule has 0 aliphatic carbocycles. The molecule has 0 aromatic carbocycles. The molecule has 6 heterocycles. The zero-order valence-electron chi connectivity index (χ0n) is 65.0. The number of unbranched alkanes of at least 4 members (excludes halogenated alkanes) is 29. The molecule has 0 radical (unpaired) electrons. The molecule has 6 aliphatic heterocycles. The molecule has 0 saturated carbocycles. The smallest absolute Gasteiger partial charge is 0.249 e. The van der Waals surface area contributed by atoms with Gasteiger partial charge >= 0.3 is 0 Å². The normalized spacial score (nSPS) is 36.0. The highest BCUT2D eigenvalue weighted by atomic mass is 16.8. The van der Waals surface area contributed by atoms with Gasteiger partial charge in [-0.05, 0) is 12.8 Å². The number of aliphatic hydroxyl groups excluding tert-OH is 21. The van der Waals surface area contributed by atoms with Crippen molar-refractivity contribution >= 4 is 5.91 Å². The van der Waals surface area contributed by atoms with Crippen LogP contribution in [0.15, 0.2) is 0 Å². The van der Waals surface area contributed by atoms with E-state index in [0.29, 0.717) is 12.8 Å². The van der Waals surface area contributed by atoms with E-state index >= 15 is 0 Å². The van der Waals surface area contributed by atoms with Crippen LogP contribution < -0.4 is 5.32 Å². The van der Waals surface area contributed by atoms with Gasteiger partial charge < -0.3 is 169 Å². The van der Waals surface area contributed by atoms with Gasteiger partial charge in [0.2, 0.25) is 5.91 Å². The van der Waals surface area contributed by atoms with Gasteiger partial charge in [-0.2, -0.15) is 0 Å². The molecule has 6 fully saturated rings. The Morgan fingerprint density at radius 2 is 0.766 bits per heavy atom. The van der Waals surface area contributed by atoms with Crippen molar-refractivity contribution in [2.45, 2.75) is 428 Å². The standard InChI is InChI=1S/C76H141NO34/c1-3-5-7-9-11-13-15-16-17-18-19-20-21-22-23-24-25-27-29-31-33-35-45(83)70(99)77-43(52(88)44(82)34-32-30-28-26-14-12-10-8-6-4-2)40-100-71-59(95)56(92)54(90)51(104-71)42-102-75-67(53(89)49(87)41-101-75)109-74-62(98)66(55(91)50(39-81)103-74)108-76-69(111-73-61(97)58(94)64(106-73)47(85)37-79)68(65(107-76)48(86)38-80)110-72-60(96)57(93)63(105-72)46(84)36-78/h43-69,71-76,78-98H,3-42H2,1-2H3,(H,77,99)/t43-,44+,45?,46+,47+,48+,49+,50+,51+,52-,53+,54+,55-,56-,57+,58+,59+,60+,61+,62+,63-,64-,65-,66-,67-,68-,69+,71+,72+,73+,74+,75-,76-/m0/s1. The van der Waals surface area contributed by atoms with Gasteiger partial charge in [0.15, 0.2) is 37.7 Å². The Kier molecular flexibility index (Phi) is 46.7. The summed E-state index contributed by atoms with van der Waals surface area (Å²) in [5.74, 6) is -0.857. The lowest BCUT2D eigenvalue weighted by atomic mass is 9.98. The predicted octanol–water partition coefficient (Wildman–Crippen LogP) is -1.96. The average molecular weight is 1610 g/mol. The van der Waals surface area contributed by atoms with E-state index in [2.05, 4.69) is 19.2 Å². The number of hydrogen-bond donors (Lipinski definition) is 22. The lowest BCUT2D eigenvalue weighted by Crippen LogP contribution is -2.64. The van der Waals surface area contributed by atoms with Crippen LogP contribution in [0.1, 0.15) is 226 Å². The summed E-state index contributed by atoms with van der Waals surface area (Å²) in [5.41, 5.74) is 0. The van der Waals surface area contributed by atoms with Crippen LogP contribution in [0, 0.1) is 0 Å². The molecule has 111 heavy (non-hydrogen) atoms. The number of amides is 1. The molecule has 1 amide bonds. The van der Waals surface area contributed by atoms with Crippen molar-refractivity contribution in [1.82, 2.24) is 5.32 Å². The molecule has 22 N–H and O–H groups in total. The van der Waals surface area contributed by atoms with Crippen molar-refractivity contribution < 1.29 is 169 Å². The summed E-state index contributed by atoms with van der Waals surface area (Å²) in [6.45, 7) is -1.87. The summed E-state index contributed by atoms with van der Waals surface area (Å²) in [6, 6.07) is -1.43. The molecule has 6 saturated heterocycles. The van der Waals surface area contributed by atoms with Gasteiger partial charge in [0, 0.05) is 0 Å². The topological polar surface area (TPSA) is 565 Å². The summed E-state index contributed by atoms with van der Waals surface area (Å²) < 4.78 is 70.6. The Hall–Kier alpha value is -1.85. The van der Waals surface area contributed by atoms with Crippen LogP contribution in [0.4, 0.5) is 0 Å². The van der Waals surface area contributed by atoms with Crippen molar-refractivity contribution in [2.24, 2.45) is 0 Å². The fourth-order valence-corrected chi connectivity index (χ4v) is 15.1. The van der Waals surface area contributed by atoms with Crippen molar-refractivity contribution in [3.63, 3.8) is 0 Å². The first kappa shape index (κ1) is 98.0. The fraction of sp³-hybridized carbons (Fsp3) is 0.987. The third-order valence-electron chi connectivity index (χ3n) is 22.2. The predicted molar refractivity (Wildman–Crippen MR) is 391 cm³/mol. The quantitative estimate of drug-likeness (QED) is 0.0294. The molecule has 0 spiro atoms. The molecule has 6 aliphatic rings. The van der Waals surface area contributed by atoms with E-state index in [1.807, 2.05) is 0 Å². The van der Waals surface area contributed by atoms with E-state index in [-0.39, 0.29) is 12.8 Å². The number of rotatable bonds is 58. The second-order valence-electron chi connectivity index (χ2n) is 31.2. The number of nitrogens with one attached hydrogen (secondary N) is 1. The highest BCUT2D eigenvalue weighted by Gasteiger charge is 2.60. The molecule has 35 nitrogen and oxygen atoms in total. The summed E-state index contributed by atoms with van der Waals surface area (Å²) in [5, 5.41) is 232. The second kappa shape index (κ2) is 52.9. The van der Waals surface area contributed by atoms with Crippen molar-refractivity contribution in [3.05, 3.63) is 0 Å². The maximum atomic E-state index is 13.7. The van der Waals surface area contributed by atoms with E-state index in [0.717, 1.165) is 70.6 Å². The van der Waals surface area contributed by atoms with Gasteiger partial charge in [-0.15, -0.1) is 0 Å². The first-order valence-corrected chi connectivity index (χ1v) is 41.4. The van der Waals surface area contributed by atoms with Crippen LogP contribution in [0.5, 0.6) is 0 Å². The van der Waals surface area contributed by atoms with Gasteiger partial charge in [0.05, 0.1) is 58.4 Å². The Morgan fingerprint density at radius 1 is 0.369 bits per heavy atom. The molecule has 654 valence electrons. The zero-order valence-corrected chi connectivity index (χ0v) is 65.0. The van der Waals surface area contributed by atoms with E-state index in [1.165, 1.54) is 116 Å². The SMILES string of the molecule is CCCCCCCCCCCCCCCCCCCCCCCC(O)C(=O)N[C@@H](CO[C@@H]1O[C@H](CO[C@@H]2OC[C@@H](O)[C@@H](O)[C@@H]2O[C@H]2O[C@H](CO)[C@H](O)[C@H](O[C@@H]3O[C@@H]([C@H](O)CO)[C@H](O[C@H]4O[C@@H]([C@H](O)CO)[C@H](O)[C@H]4O)[C@H]3O[C@H]3O[C@@H]([C@H](O)CO)[C@H](O)[C@H]3O)[C@H]2O)[C@@H](O)[C@H](O)[C@H]1O)[C@H](O)[C@H](O)CCCCCCCCCCCC. The van der Waals surface area contributed by atoms with E-state index in [1.54, 1.807) is 0 Å². The molecule has 0 bridgehead atoms. The summed E-state index contributed by atoms with van der Waals surface area (Å²) in [7, 11) is 0. The summed E-state index contributed by atoms with van der Waals surface area (Å²) >= 11 is 0. The van der Waals surface area contributed by atoms with Crippen LogP contribution in [-0.2, 0) is 61.6 Å². The van der Waals surface area contributed by atoms with Crippen molar-refractivity contribution in [3.8, 4) is 0 Å². The third kappa shape index (κ3) is 30.4. The Labute approximate surface area is 652 Å². The molecule has 35 heteroatoms. The lowest BCUT2D eigenvalue weighted by Gasteiger charge is -2.46. The first-order chi connectivity index (χ1) is 53.4. The van der Waals surface area contributed by atoms with Crippen LogP contribution in [-0.4, -0.2) is 362 Å². The van der Waals surface area contributed by atoms with Crippen LogP contribution >= 0.6 is 0 Å². The second-order valence-corrected chi connectivity index (χ2v) is 31.2. The Balaban J connectivity index is 1.08.